The highest BCUT2D eigenvalue weighted by Crippen LogP contribution is 2.44. The Hall–Kier alpha value is -3.43. The lowest BCUT2D eigenvalue weighted by Crippen LogP contribution is -2.29. The first-order valence-electron chi connectivity index (χ1n) is 12.3. The molecule has 1 fully saturated rings. The van der Waals surface area contributed by atoms with E-state index in [2.05, 4.69) is 45.0 Å². The smallest absolute Gasteiger partial charge is 0.250 e. The molecule has 1 saturated heterocycles. The average molecular weight is 581 g/mol. The lowest BCUT2D eigenvalue weighted by atomic mass is 9.96. The summed E-state index contributed by atoms with van der Waals surface area (Å²) in [6.45, 7) is 4.12. The van der Waals surface area contributed by atoms with Crippen LogP contribution in [0.25, 0.3) is 5.69 Å². The molecule has 2 N–H and O–H groups in total. The van der Waals surface area contributed by atoms with E-state index in [0.29, 0.717) is 20.8 Å². The summed E-state index contributed by atoms with van der Waals surface area (Å²) in [5.41, 5.74) is 6.43. The quantitative estimate of drug-likeness (QED) is 0.242. The summed E-state index contributed by atoms with van der Waals surface area (Å²) in [4.78, 5) is 18.7. The van der Waals surface area contributed by atoms with Gasteiger partial charge in [-0.1, -0.05) is 29.3 Å². The predicted molar refractivity (Wildman–Crippen MR) is 160 cm³/mol. The van der Waals surface area contributed by atoms with Crippen molar-refractivity contribution in [3.8, 4) is 5.69 Å². The monoisotopic (exact) mass is 579 g/mol. The summed E-state index contributed by atoms with van der Waals surface area (Å²) < 4.78 is 7.05. The highest BCUT2D eigenvalue weighted by Gasteiger charge is 2.42. The largest absolute Gasteiger partial charge is 0.375 e. The lowest BCUT2D eigenvalue weighted by Gasteiger charge is -2.28. The maximum absolute atomic E-state index is 12.0. The molecule has 0 bridgehead atoms. The molecule has 7 nitrogen and oxygen atoms in total. The van der Waals surface area contributed by atoms with Crippen LogP contribution in [-0.2, 0) is 9.53 Å². The fourth-order valence-corrected chi connectivity index (χ4v) is 5.94. The minimum absolute atomic E-state index is 0.0109. The Morgan fingerprint density at radius 2 is 1.87 bits per heavy atom. The Kier molecular flexibility index (Phi) is 7.91. The summed E-state index contributed by atoms with van der Waals surface area (Å²) in [5, 5.41) is 8.07. The van der Waals surface area contributed by atoms with Crippen LogP contribution in [0.4, 0.5) is 11.4 Å². The molecule has 0 spiro atoms. The summed E-state index contributed by atoms with van der Waals surface area (Å²) >= 11 is 18.7. The molecule has 2 aromatic carbocycles. The number of aryl methyl sites for hydroxylation is 1. The zero-order chi connectivity index (χ0) is 27.7. The van der Waals surface area contributed by atoms with E-state index in [9.17, 15) is 4.79 Å². The van der Waals surface area contributed by atoms with Gasteiger partial charge in [0, 0.05) is 41.1 Å². The highest BCUT2D eigenvalue weighted by molar-refractivity contribution is 7.80. The molecule has 39 heavy (non-hydrogen) atoms. The van der Waals surface area contributed by atoms with Gasteiger partial charge in [0.25, 0.3) is 0 Å². The molecular formula is C29H27Cl2N5O2S. The Balaban J connectivity index is 1.59. The van der Waals surface area contributed by atoms with E-state index in [0.717, 1.165) is 34.0 Å². The number of anilines is 2. The number of nitrogens with one attached hydrogen (secondary N) is 2. The number of carbonyl (C=O) groups is 1. The molecule has 3 heterocycles. The Morgan fingerprint density at radius 3 is 2.54 bits per heavy atom. The molecule has 0 radical (unpaired) electrons. The number of hydrogen-bond donors (Lipinski definition) is 2. The molecule has 1 aliphatic heterocycles. The second-order valence-electron chi connectivity index (χ2n) is 9.28. The maximum Gasteiger partial charge on any atom is 0.250 e. The summed E-state index contributed by atoms with van der Waals surface area (Å²) in [6.07, 6.45) is 1.79. The number of pyridine rings is 1. The number of ether oxygens (including phenoxy) is 1. The predicted octanol–water partition coefficient (Wildman–Crippen LogP) is 6.56. The topological polar surface area (TPSA) is 71.4 Å². The van der Waals surface area contributed by atoms with Gasteiger partial charge in [0.15, 0.2) is 5.11 Å². The van der Waals surface area contributed by atoms with Gasteiger partial charge in [-0.15, -0.1) is 0 Å². The molecule has 4 aromatic rings. The van der Waals surface area contributed by atoms with Crippen LogP contribution in [0.1, 0.15) is 34.7 Å². The van der Waals surface area contributed by atoms with Crippen LogP contribution in [0.3, 0.4) is 0 Å². The van der Waals surface area contributed by atoms with E-state index in [1.165, 1.54) is 7.11 Å². The van der Waals surface area contributed by atoms with E-state index in [1.54, 1.807) is 12.3 Å². The number of methoxy groups -OCH3 is 1. The summed E-state index contributed by atoms with van der Waals surface area (Å²) in [5.74, 6) is -0.218. The van der Waals surface area contributed by atoms with E-state index >= 15 is 0 Å². The summed E-state index contributed by atoms with van der Waals surface area (Å²) in [6, 6.07) is 20.7. The van der Waals surface area contributed by atoms with E-state index in [1.807, 2.05) is 54.6 Å². The van der Waals surface area contributed by atoms with E-state index in [4.69, 9.17) is 40.2 Å². The number of aromatic nitrogens is 2. The van der Waals surface area contributed by atoms with Crippen molar-refractivity contribution >= 4 is 57.8 Å². The molecule has 0 aliphatic carbocycles. The van der Waals surface area contributed by atoms with Gasteiger partial charge in [-0.05, 0) is 92.3 Å². The third-order valence-corrected chi connectivity index (χ3v) is 7.59. The van der Waals surface area contributed by atoms with Crippen molar-refractivity contribution in [2.75, 3.05) is 23.9 Å². The van der Waals surface area contributed by atoms with Crippen LogP contribution in [0, 0.1) is 13.8 Å². The molecule has 5 rings (SSSR count). The van der Waals surface area contributed by atoms with Crippen LogP contribution < -0.4 is 15.5 Å². The molecule has 2 aromatic heterocycles. The number of benzene rings is 2. The Bertz CT molecular complexity index is 1520. The average Bonchev–Trinajstić information content (AvgIpc) is 3.40. The SMILES string of the molecule is COCC(=O)Nc1ccc(N2C(=S)N[C@@H](c3ccccn3)[C@@H]2c2cc(C)n(-c3ccc(Cl)cc3Cl)c2C)cc1. The van der Waals surface area contributed by atoms with Gasteiger partial charge in [-0.2, -0.15) is 0 Å². The van der Waals surface area contributed by atoms with Gasteiger partial charge < -0.3 is 24.8 Å². The molecule has 200 valence electrons. The van der Waals surface area contributed by atoms with Crippen molar-refractivity contribution in [2.24, 2.45) is 0 Å². The van der Waals surface area contributed by atoms with Gasteiger partial charge in [-0.3, -0.25) is 9.78 Å². The second kappa shape index (κ2) is 11.4. The van der Waals surface area contributed by atoms with Crippen molar-refractivity contribution in [1.82, 2.24) is 14.9 Å². The maximum atomic E-state index is 12.0. The van der Waals surface area contributed by atoms with Crippen LogP contribution in [0.2, 0.25) is 10.0 Å². The molecule has 0 saturated carbocycles. The van der Waals surface area contributed by atoms with Gasteiger partial charge in [0.1, 0.15) is 6.61 Å². The van der Waals surface area contributed by atoms with E-state index < -0.39 is 0 Å². The zero-order valence-corrected chi connectivity index (χ0v) is 23.9. The molecule has 1 aliphatic rings. The van der Waals surface area contributed by atoms with Crippen molar-refractivity contribution in [2.45, 2.75) is 25.9 Å². The number of halogens is 2. The van der Waals surface area contributed by atoms with Crippen LogP contribution in [0.15, 0.2) is 72.9 Å². The molecule has 1 amide bonds. The number of carbonyl (C=O) groups excluding carboxylic acids is 1. The van der Waals surface area contributed by atoms with Crippen LogP contribution in [-0.4, -0.2) is 34.3 Å². The van der Waals surface area contributed by atoms with Gasteiger partial charge in [0.2, 0.25) is 5.91 Å². The standard InChI is InChI=1S/C29H27Cl2N5O2S/c1-17-14-22(18(2)35(17)25-12-7-19(30)15-23(25)31)28-27(24-6-4-5-13-32-24)34-29(39)36(28)21-10-8-20(9-11-21)33-26(37)16-38-3/h4-15,27-28H,16H2,1-3H3,(H,33,37)(H,34,39)/t27-,28-/m0/s1. The molecule has 0 unspecified atom stereocenters. The third kappa shape index (κ3) is 5.38. The first kappa shape index (κ1) is 27.1. The third-order valence-electron chi connectivity index (χ3n) is 6.74. The van der Waals surface area contributed by atoms with Crippen molar-refractivity contribution < 1.29 is 9.53 Å². The minimum Gasteiger partial charge on any atom is -0.375 e. The number of rotatable bonds is 7. The first-order valence-corrected chi connectivity index (χ1v) is 13.5. The number of thiocarbonyl (C=S) groups is 1. The van der Waals surface area contributed by atoms with Crippen molar-refractivity contribution in [3.05, 3.63) is 106 Å². The number of nitrogens with zero attached hydrogens (tertiary/aromatic N) is 3. The minimum atomic E-state index is -0.218. The summed E-state index contributed by atoms with van der Waals surface area (Å²) in [7, 11) is 1.49. The van der Waals surface area contributed by atoms with Gasteiger partial charge in [-0.25, -0.2) is 0 Å². The lowest BCUT2D eigenvalue weighted by molar-refractivity contribution is -0.119. The first-order chi connectivity index (χ1) is 18.8. The zero-order valence-electron chi connectivity index (χ0n) is 21.6. The molecule has 2 atom stereocenters. The van der Waals surface area contributed by atoms with Crippen LogP contribution in [0.5, 0.6) is 0 Å². The van der Waals surface area contributed by atoms with Gasteiger partial charge in [0.05, 0.1) is 28.5 Å². The number of hydrogen-bond acceptors (Lipinski definition) is 4. The fourth-order valence-electron chi connectivity index (χ4n) is 5.10. The Morgan fingerprint density at radius 1 is 1.10 bits per heavy atom. The molecule has 10 heteroatoms. The van der Waals surface area contributed by atoms with E-state index in [-0.39, 0.29) is 24.6 Å². The fraction of sp³-hybridized carbons (Fsp3) is 0.207. The Labute approximate surface area is 242 Å². The van der Waals surface area contributed by atoms with Gasteiger partial charge >= 0.3 is 0 Å². The molecular weight excluding hydrogens is 553 g/mol. The highest BCUT2D eigenvalue weighted by atomic mass is 35.5. The van der Waals surface area contributed by atoms with Crippen molar-refractivity contribution in [1.29, 1.82) is 0 Å². The van der Waals surface area contributed by atoms with Crippen molar-refractivity contribution in [3.63, 3.8) is 0 Å². The number of amides is 1. The van der Waals surface area contributed by atoms with Crippen LogP contribution >= 0.6 is 35.4 Å². The second-order valence-corrected chi connectivity index (χ2v) is 10.5. The normalized spacial score (nSPS) is 16.8.